The van der Waals surface area contributed by atoms with E-state index in [4.69, 9.17) is 5.26 Å². The minimum absolute atomic E-state index is 0.0765. The number of hydrogen-bond acceptors (Lipinski definition) is 2. The summed E-state index contributed by atoms with van der Waals surface area (Å²) in [6, 6.07) is 12.1. The predicted octanol–water partition coefficient (Wildman–Crippen LogP) is 1.34. The number of nitriles is 1. The Morgan fingerprint density at radius 2 is 2.08 bits per heavy atom. The normalized spacial score (nSPS) is 12.0. The second-order valence-corrected chi connectivity index (χ2v) is 2.66. The highest BCUT2D eigenvalue weighted by molar-refractivity contribution is 5.17. The summed E-state index contributed by atoms with van der Waals surface area (Å²) < 4.78 is 0. The van der Waals surface area contributed by atoms with E-state index in [1.165, 1.54) is 5.56 Å². The molecule has 1 aromatic rings. The second-order valence-electron chi connectivity index (χ2n) is 2.66. The zero-order chi connectivity index (χ0) is 8.81. The van der Waals surface area contributed by atoms with Gasteiger partial charge in [-0.1, -0.05) is 30.3 Å². The summed E-state index contributed by atoms with van der Waals surface area (Å²) in [5.41, 5.74) is 1.19. The second kappa shape index (κ2) is 4.53. The summed E-state index contributed by atoms with van der Waals surface area (Å²) in [6.45, 7) is 0. The van der Waals surface area contributed by atoms with Gasteiger partial charge < -0.3 is 5.32 Å². The first-order valence-corrected chi connectivity index (χ1v) is 3.97. The molecule has 0 aliphatic heterocycles. The van der Waals surface area contributed by atoms with E-state index in [-0.39, 0.29) is 6.04 Å². The van der Waals surface area contributed by atoms with Gasteiger partial charge in [-0.05, 0) is 12.6 Å². The third kappa shape index (κ3) is 2.37. The molecule has 0 aliphatic rings. The lowest BCUT2D eigenvalue weighted by atomic mass is 10.1. The molecule has 1 atom stereocenters. The molecule has 2 heteroatoms. The van der Waals surface area contributed by atoms with Crippen molar-refractivity contribution in [1.29, 1.82) is 5.26 Å². The molecule has 1 unspecified atom stereocenters. The van der Waals surface area contributed by atoms with Crippen LogP contribution < -0.4 is 5.32 Å². The Morgan fingerprint density at radius 3 is 2.58 bits per heavy atom. The molecule has 0 spiro atoms. The van der Waals surface area contributed by atoms with Gasteiger partial charge in [0.25, 0.3) is 0 Å². The molecular weight excluding hydrogens is 148 g/mol. The van der Waals surface area contributed by atoms with Crippen LogP contribution in [0.25, 0.3) is 0 Å². The van der Waals surface area contributed by atoms with Crippen molar-refractivity contribution < 1.29 is 0 Å². The monoisotopic (exact) mass is 160 g/mol. The number of benzene rings is 1. The first-order chi connectivity index (χ1) is 5.86. The van der Waals surface area contributed by atoms with Crippen LogP contribution in [-0.4, -0.2) is 13.1 Å². The Balaban J connectivity index is 2.58. The lowest BCUT2D eigenvalue weighted by Gasteiger charge is -2.06. The minimum atomic E-state index is -0.0765. The third-order valence-electron chi connectivity index (χ3n) is 1.79. The molecule has 0 aromatic heterocycles. The van der Waals surface area contributed by atoms with Crippen LogP contribution in [-0.2, 0) is 6.42 Å². The van der Waals surface area contributed by atoms with Crippen LogP contribution in [0.4, 0.5) is 0 Å². The molecule has 0 saturated heterocycles. The van der Waals surface area contributed by atoms with Crippen molar-refractivity contribution in [2.45, 2.75) is 12.5 Å². The molecule has 0 bridgehead atoms. The van der Waals surface area contributed by atoms with E-state index in [1.54, 1.807) is 7.05 Å². The quantitative estimate of drug-likeness (QED) is 0.724. The van der Waals surface area contributed by atoms with Crippen LogP contribution in [0.3, 0.4) is 0 Å². The minimum Gasteiger partial charge on any atom is -0.305 e. The fourth-order valence-corrected chi connectivity index (χ4v) is 1.06. The summed E-state index contributed by atoms with van der Waals surface area (Å²) in [7, 11) is 1.80. The van der Waals surface area contributed by atoms with Gasteiger partial charge in [-0.2, -0.15) is 5.26 Å². The van der Waals surface area contributed by atoms with Crippen molar-refractivity contribution in [3.63, 3.8) is 0 Å². The Labute approximate surface area is 72.8 Å². The van der Waals surface area contributed by atoms with Gasteiger partial charge >= 0.3 is 0 Å². The maximum atomic E-state index is 8.67. The number of likely N-dealkylation sites (N-methyl/N-ethyl adjacent to an activating group) is 1. The van der Waals surface area contributed by atoms with Gasteiger partial charge in [0.15, 0.2) is 0 Å². The van der Waals surface area contributed by atoms with E-state index >= 15 is 0 Å². The van der Waals surface area contributed by atoms with E-state index in [1.807, 2.05) is 30.3 Å². The lowest BCUT2D eigenvalue weighted by molar-refractivity contribution is 0.675. The zero-order valence-corrected chi connectivity index (χ0v) is 7.12. The van der Waals surface area contributed by atoms with Crippen molar-refractivity contribution in [2.24, 2.45) is 0 Å². The number of rotatable bonds is 3. The average molecular weight is 160 g/mol. The van der Waals surface area contributed by atoms with Crippen LogP contribution in [0, 0.1) is 11.3 Å². The summed E-state index contributed by atoms with van der Waals surface area (Å²) in [4.78, 5) is 0. The SMILES string of the molecule is CNC(C#N)Cc1ccccc1. The molecule has 1 aromatic carbocycles. The molecule has 62 valence electrons. The van der Waals surface area contributed by atoms with Crippen LogP contribution in [0.1, 0.15) is 5.56 Å². The van der Waals surface area contributed by atoms with E-state index in [0.29, 0.717) is 0 Å². The van der Waals surface area contributed by atoms with Crippen molar-refractivity contribution in [3.8, 4) is 6.07 Å². The summed E-state index contributed by atoms with van der Waals surface area (Å²) in [6.07, 6.45) is 0.772. The van der Waals surface area contributed by atoms with Crippen molar-refractivity contribution in [1.82, 2.24) is 5.32 Å². The van der Waals surface area contributed by atoms with Gasteiger partial charge in [0.1, 0.15) is 0 Å². The standard InChI is InChI=1S/C10H12N2/c1-12-10(8-11)7-9-5-3-2-4-6-9/h2-6,10,12H,7H2,1H3. The number of hydrogen-bond donors (Lipinski definition) is 1. The van der Waals surface area contributed by atoms with Gasteiger partial charge in [-0.3, -0.25) is 0 Å². The molecule has 12 heavy (non-hydrogen) atoms. The van der Waals surface area contributed by atoms with Crippen LogP contribution in [0.5, 0.6) is 0 Å². The molecule has 0 heterocycles. The first-order valence-electron chi connectivity index (χ1n) is 3.97. The molecule has 1 N–H and O–H groups in total. The largest absolute Gasteiger partial charge is 0.305 e. The van der Waals surface area contributed by atoms with Crippen molar-refractivity contribution in [2.75, 3.05) is 7.05 Å². The van der Waals surface area contributed by atoms with Crippen LogP contribution in [0.2, 0.25) is 0 Å². The van der Waals surface area contributed by atoms with Gasteiger partial charge in [0, 0.05) is 6.42 Å². The topological polar surface area (TPSA) is 35.8 Å². The molecule has 0 saturated carbocycles. The first kappa shape index (κ1) is 8.76. The fraction of sp³-hybridized carbons (Fsp3) is 0.300. The van der Waals surface area contributed by atoms with Gasteiger partial charge in [0.05, 0.1) is 12.1 Å². The Morgan fingerprint density at radius 1 is 1.42 bits per heavy atom. The maximum absolute atomic E-state index is 8.67. The summed E-state index contributed by atoms with van der Waals surface area (Å²) >= 11 is 0. The van der Waals surface area contributed by atoms with E-state index < -0.39 is 0 Å². The number of nitrogens with one attached hydrogen (secondary N) is 1. The predicted molar refractivity (Wildman–Crippen MR) is 48.6 cm³/mol. The van der Waals surface area contributed by atoms with Gasteiger partial charge in [-0.25, -0.2) is 0 Å². The Bertz CT molecular complexity index is 261. The molecule has 0 fully saturated rings. The van der Waals surface area contributed by atoms with Crippen molar-refractivity contribution in [3.05, 3.63) is 35.9 Å². The number of nitrogens with zero attached hydrogens (tertiary/aromatic N) is 1. The van der Waals surface area contributed by atoms with E-state index in [9.17, 15) is 0 Å². The summed E-state index contributed by atoms with van der Waals surface area (Å²) in [5, 5.41) is 11.6. The maximum Gasteiger partial charge on any atom is 0.0991 e. The van der Waals surface area contributed by atoms with Crippen LogP contribution in [0.15, 0.2) is 30.3 Å². The Kier molecular flexibility index (Phi) is 3.31. The van der Waals surface area contributed by atoms with Crippen LogP contribution >= 0.6 is 0 Å². The molecular formula is C10H12N2. The van der Waals surface area contributed by atoms with Gasteiger partial charge in [0.2, 0.25) is 0 Å². The van der Waals surface area contributed by atoms with E-state index in [0.717, 1.165) is 6.42 Å². The highest BCUT2D eigenvalue weighted by Crippen LogP contribution is 2.01. The molecule has 0 amide bonds. The van der Waals surface area contributed by atoms with Crippen molar-refractivity contribution >= 4 is 0 Å². The smallest absolute Gasteiger partial charge is 0.0991 e. The fourth-order valence-electron chi connectivity index (χ4n) is 1.06. The third-order valence-corrected chi connectivity index (χ3v) is 1.79. The highest BCUT2D eigenvalue weighted by atomic mass is 14.9. The molecule has 2 nitrogen and oxygen atoms in total. The highest BCUT2D eigenvalue weighted by Gasteiger charge is 2.03. The molecule has 1 rings (SSSR count). The summed E-state index contributed by atoms with van der Waals surface area (Å²) in [5.74, 6) is 0. The van der Waals surface area contributed by atoms with E-state index in [2.05, 4.69) is 11.4 Å². The van der Waals surface area contributed by atoms with Gasteiger partial charge in [-0.15, -0.1) is 0 Å². The zero-order valence-electron chi connectivity index (χ0n) is 7.12. The average Bonchev–Trinajstić information content (AvgIpc) is 2.16. The molecule has 0 aliphatic carbocycles. The molecule has 0 radical (unpaired) electrons. The Hall–Kier alpha value is -1.33. The lowest BCUT2D eigenvalue weighted by Crippen LogP contribution is -2.25.